The number of carbonyl (C=O) groups excluding carboxylic acids is 2. The minimum Gasteiger partial charge on any atom is -0.344 e. The second-order valence-electron chi connectivity index (χ2n) is 5.54. The van der Waals surface area contributed by atoms with Crippen LogP contribution in [0.1, 0.15) is 12.0 Å². The zero-order valence-electron chi connectivity index (χ0n) is 12.5. The first-order chi connectivity index (χ1) is 11.1. The first-order valence-corrected chi connectivity index (χ1v) is 7.54. The van der Waals surface area contributed by atoms with Gasteiger partial charge in [0.25, 0.3) is 0 Å². The van der Waals surface area contributed by atoms with Crippen molar-refractivity contribution >= 4 is 17.5 Å². The third-order valence-electron chi connectivity index (χ3n) is 3.86. The van der Waals surface area contributed by atoms with E-state index in [0.717, 1.165) is 5.69 Å². The van der Waals surface area contributed by atoms with E-state index in [1.165, 1.54) is 12.1 Å². The van der Waals surface area contributed by atoms with Crippen molar-refractivity contribution < 1.29 is 14.0 Å². The Kier molecular flexibility index (Phi) is 4.37. The molecule has 2 amide bonds. The summed E-state index contributed by atoms with van der Waals surface area (Å²) in [4.78, 5) is 26.1. The smallest absolute Gasteiger partial charge is 0.249 e. The molecule has 0 aromatic heterocycles. The van der Waals surface area contributed by atoms with Crippen LogP contribution in [-0.2, 0) is 16.0 Å². The lowest BCUT2D eigenvalue weighted by molar-refractivity contribution is -0.126. The molecule has 0 radical (unpaired) electrons. The van der Waals surface area contributed by atoms with Gasteiger partial charge in [-0.2, -0.15) is 0 Å². The van der Waals surface area contributed by atoms with Gasteiger partial charge in [0.1, 0.15) is 11.9 Å². The molecule has 1 N–H and O–H groups in total. The third-order valence-corrected chi connectivity index (χ3v) is 3.86. The second-order valence-corrected chi connectivity index (χ2v) is 5.54. The van der Waals surface area contributed by atoms with E-state index in [0.29, 0.717) is 18.5 Å². The second kappa shape index (κ2) is 6.60. The zero-order valence-corrected chi connectivity index (χ0v) is 12.5. The van der Waals surface area contributed by atoms with Crippen molar-refractivity contribution in [3.05, 3.63) is 66.0 Å². The van der Waals surface area contributed by atoms with Gasteiger partial charge in [-0.25, -0.2) is 4.39 Å². The fraction of sp³-hybridized carbons (Fsp3) is 0.222. The lowest BCUT2D eigenvalue weighted by Gasteiger charge is -2.17. The summed E-state index contributed by atoms with van der Waals surface area (Å²) in [7, 11) is 0. The van der Waals surface area contributed by atoms with E-state index in [-0.39, 0.29) is 24.1 Å². The summed E-state index contributed by atoms with van der Waals surface area (Å²) in [5.74, 6) is -0.754. The molecular weight excluding hydrogens is 295 g/mol. The van der Waals surface area contributed by atoms with Crippen molar-refractivity contribution in [2.45, 2.75) is 18.9 Å². The summed E-state index contributed by atoms with van der Waals surface area (Å²) in [6.45, 7) is 0.577. The van der Waals surface area contributed by atoms with E-state index in [4.69, 9.17) is 0 Å². The molecule has 2 aromatic carbocycles. The van der Waals surface area contributed by atoms with E-state index < -0.39 is 6.04 Å². The van der Waals surface area contributed by atoms with Gasteiger partial charge in [-0.05, 0) is 36.2 Å². The normalized spacial score (nSPS) is 17.3. The third kappa shape index (κ3) is 3.56. The molecule has 1 unspecified atom stereocenters. The maximum absolute atomic E-state index is 13.1. The van der Waals surface area contributed by atoms with Crippen molar-refractivity contribution in [2.75, 3.05) is 11.4 Å². The highest BCUT2D eigenvalue weighted by Crippen LogP contribution is 2.21. The molecule has 1 aliphatic rings. The minimum atomic E-state index is -0.517. The zero-order chi connectivity index (χ0) is 16.2. The van der Waals surface area contributed by atoms with Gasteiger partial charge in [-0.1, -0.05) is 30.3 Å². The average molecular weight is 312 g/mol. The van der Waals surface area contributed by atoms with Crippen LogP contribution >= 0.6 is 0 Å². The Bertz CT molecular complexity index is 718. The van der Waals surface area contributed by atoms with Crippen LogP contribution in [0.25, 0.3) is 0 Å². The Morgan fingerprint density at radius 1 is 1.17 bits per heavy atom. The van der Waals surface area contributed by atoms with Crippen LogP contribution in [0.3, 0.4) is 0 Å². The number of benzene rings is 2. The van der Waals surface area contributed by atoms with E-state index >= 15 is 0 Å². The number of rotatable bonds is 4. The van der Waals surface area contributed by atoms with Gasteiger partial charge in [0.05, 0.1) is 6.42 Å². The monoisotopic (exact) mass is 312 g/mol. The number of halogens is 1. The molecule has 1 saturated heterocycles. The van der Waals surface area contributed by atoms with Crippen molar-refractivity contribution in [1.29, 1.82) is 0 Å². The largest absolute Gasteiger partial charge is 0.344 e. The number of nitrogens with zero attached hydrogens (tertiary/aromatic N) is 1. The molecule has 5 heteroatoms. The van der Waals surface area contributed by atoms with Gasteiger partial charge in [-0.3, -0.25) is 9.59 Å². The van der Waals surface area contributed by atoms with Crippen LogP contribution < -0.4 is 10.2 Å². The van der Waals surface area contributed by atoms with Gasteiger partial charge in [-0.15, -0.1) is 0 Å². The summed E-state index contributed by atoms with van der Waals surface area (Å²) in [5.41, 5.74) is 1.42. The lowest BCUT2D eigenvalue weighted by Crippen LogP contribution is -2.42. The Balaban J connectivity index is 1.60. The fourth-order valence-electron chi connectivity index (χ4n) is 2.76. The van der Waals surface area contributed by atoms with Crippen LogP contribution in [0, 0.1) is 5.82 Å². The SMILES string of the molecule is O=C(Cc1cccc(F)c1)NC1CCN(c2ccccc2)C1=O. The van der Waals surface area contributed by atoms with Gasteiger partial charge < -0.3 is 10.2 Å². The number of amides is 2. The number of hydrogen-bond acceptors (Lipinski definition) is 2. The number of hydrogen-bond donors (Lipinski definition) is 1. The number of anilines is 1. The molecule has 0 spiro atoms. The van der Waals surface area contributed by atoms with Crippen molar-refractivity contribution in [1.82, 2.24) is 5.32 Å². The number of carbonyl (C=O) groups is 2. The highest BCUT2D eigenvalue weighted by atomic mass is 19.1. The molecular formula is C18H17FN2O2. The predicted octanol–water partition coefficient (Wildman–Crippen LogP) is 2.29. The van der Waals surface area contributed by atoms with E-state index in [2.05, 4.69) is 5.32 Å². The summed E-state index contributed by atoms with van der Waals surface area (Å²) >= 11 is 0. The molecule has 0 saturated carbocycles. The van der Waals surface area contributed by atoms with Gasteiger partial charge in [0, 0.05) is 12.2 Å². The molecule has 1 aliphatic heterocycles. The Morgan fingerprint density at radius 3 is 2.70 bits per heavy atom. The molecule has 0 bridgehead atoms. The van der Waals surface area contributed by atoms with E-state index in [1.807, 2.05) is 30.3 Å². The maximum atomic E-state index is 13.1. The van der Waals surface area contributed by atoms with Crippen LogP contribution in [0.15, 0.2) is 54.6 Å². The molecule has 0 aliphatic carbocycles. The summed E-state index contributed by atoms with van der Waals surface area (Å²) < 4.78 is 13.1. The van der Waals surface area contributed by atoms with Crippen LogP contribution in [0.2, 0.25) is 0 Å². The quantitative estimate of drug-likeness (QED) is 0.942. The first kappa shape index (κ1) is 15.2. The molecule has 1 fully saturated rings. The lowest BCUT2D eigenvalue weighted by atomic mass is 10.1. The Hall–Kier alpha value is -2.69. The van der Waals surface area contributed by atoms with Crippen LogP contribution in [0.5, 0.6) is 0 Å². The number of para-hydroxylation sites is 1. The minimum absolute atomic E-state index is 0.0624. The Labute approximate surface area is 133 Å². The van der Waals surface area contributed by atoms with E-state index in [9.17, 15) is 14.0 Å². The van der Waals surface area contributed by atoms with Crippen molar-refractivity contribution in [3.8, 4) is 0 Å². The molecule has 118 valence electrons. The predicted molar refractivity (Wildman–Crippen MR) is 85.4 cm³/mol. The molecule has 1 heterocycles. The van der Waals surface area contributed by atoms with E-state index in [1.54, 1.807) is 17.0 Å². The van der Waals surface area contributed by atoms with Crippen molar-refractivity contribution in [2.24, 2.45) is 0 Å². The first-order valence-electron chi connectivity index (χ1n) is 7.54. The highest BCUT2D eigenvalue weighted by Gasteiger charge is 2.33. The summed E-state index contributed by atoms with van der Waals surface area (Å²) in [5, 5.41) is 2.74. The highest BCUT2D eigenvalue weighted by molar-refractivity contribution is 6.01. The van der Waals surface area contributed by atoms with Crippen LogP contribution in [-0.4, -0.2) is 24.4 Å². The molecule has 1 atom stereocenters. The van der Waals surface area contributed by atoms with Gasteiger partial charge in [0.15, 0.2) is 0 Å². The maximum Gasteiger partial charge on any atom is 0.249 e. The van der Waals surface area contributed by atoms with Crippen molar-refractivity contribution in [3.63, 3.8) is 0 Å². The topological polar surface area (TPSA) is 49.4 Å². The van der Waals surface area contributed by atoms with Gasteiger partial charge >= 0.3 is 0 Å². The van der Waals surface area contributed by atoms with Gasteiger partial charge in [0.2, 0.25) is 11.8 Å². The Morgan fingerprint density at radius 2 is 1.96 bits per heavy atom. The average Bonchev–Trinajstić information content (AvgIpc) is 2.89. The molecule has 23 heavy (non-hydrogen) atoms. The molecule has 3 rings (SSSR count). The van der Waals surface area contributed by atoms with Crippen LogP contribution in [0.4, 0.5) is 10.1 Å². The fourth-order valence-corrected chi connectivity index (χ4v) is 2.76. The molecule has 2 aromatic rings. The number of nitrogens with one attached hydrogen (secondary N) is 1. The standard InChI is InChI=1S/C18H17FN2O2/c19-14-6-4-5-13(11-14)12-17(22)20-16-9-10-21(18(16)23)15-7-2-1-3-8-15/h1-8,11,16H,9-10,12H2,(H,20,22). The molecule has 4 nitrogen and oxygen atoms in total. The summed E-state index contributed by atoms with van der Waals surface area (Å²) in [6, 6.07) is 14.8. The summed E-state index contributed by atoms with van der Waals surface area (Å²) in [6.07, 6.45) is 0.634.